The Morgan fingerprint density at radius 3 is 2.44 bits per heavy atom. The Balaban J connectivity index is 1.93. The molecule has 0 bridgehead atoms. The monoisotopic (exact) mass is 248 g/mol. The Labute approximate surface area is 112 Å². The Morgan fingerprint density at radius 2 is 1.94 bits per heavy atom. The van der Waals surface area contributed by atoms with Gasteiger partial charge in [-0.3, -0.25) is 0 Å². The molecule has 0 saturated heterocycles. The Kier molecular flexibility index (Phi) is 3.48. The second kappa shape index (κ2) is 4.64. The first kappa shape index (κ1) is 13.5. The summed E-state index contributed by atoms with van der Waals surface area (Å²) < 4.78 is 0. The van der Waals surface area contributed by atoms with Crippen LogP contribution in [0, 0.1) is 10.8 Å². The van der Waals surface area contributed by atoms with Crippen LogP contribution in [0.3, 0.4) is 0 Å². The summed E-state index contributed by atoms with van der Waals surface area (Å²) in [5.74, 6) is 0. The molecular formula is C16H28N2. The molecule has 0 aromatic heterocycles. The van der Waals surface area contributed by atoms with Crippen LogP contribution in [0.1, 0.15) is 53.9 Å². The van der Waals surface area contributed by atoms with Crippen LogP contribution in [-0.2, 0) is 0 Å². The van der Waals surface area contributed by atoms with Crippen molar-refractivity contribution in [3.05, 3.63) is 23.5 Å². The van der Waals surface area contributed by atoms with E-state index in [9.17, 15) is 0 Å². The number of nitrogens with one attached hydrogen (secondary N) is 2. The zero-order valence-electron chi connectivity index (χ0n) is 12.6. The average molecular weight is 248 g/mol. The highest BCUT2D eigenvalue weighted by Gasteiger charge is 2.32. The van der Waals surface area contributed by atoms with E-state index in [2.05, 4.69) is 57.5 Å². The molecule has 2 nitrogen and oxygen atoms in total. The molecule has 18 heavy (non-hydrogen) atoms. The number of hydrogen-bond acceptors (Lipinski definition) is 2. The lowest BCUT2D eigenvalue weighted by molar-refractivity contribution is 0.333. The molecule has 0 aromatic rings. The summed E-state index contributed by atoms with van der Waals surface area (Å²) in [5, 5.41) is 7.10. The van der Waals surface area contributed by atoms with Gasteiger partial charge in [0.2, 0.25) is 0 Å². The minimum absolute atomic E-state index is 0.259. The highest BCUT2D eigenvalue weighted by molar-refractivity contribution is 5.20. The third-order valence-electron chi connectivity index (χ3n) is 4.22. The molecule has 0 aromatic carbocycles. The predicted octanol–water partition coefficient (Wildman–Crippen LogP) is 3.57. The van der Waals surface area contributed by atoms with Gasteiger partial charge in [-0.2, -0.15) is 0 Å². The van der Waals surface area contributed by atoms with Gasteiger partial charge in [0.1, 0.15) is 0 Å². The van der Waals surface area contributed by atoms with Crippen molar-refractivity contribution >= 4 is 0 Å². The van der Waals surface area contributed by atoms with Gasteiger partial charge < -0.3 is 10.6 Å². The van der Waals surface area contributed by atoms with Gasteiger partial charge in [-0.1, -0.05) is 40.7 Å². The quantitative estimate of drug-likeness (QED) is 0.798. The lowest BCUT2D eigenvalue weighted by atomic mass is 9.79. The summed E-state index contributed by atoms with van der Waals surface area (Å²) in [5.41, 5.74) is 3.55. The summed E-state index contributed by atoms with van der Waals surface area (Å²) in [6.07, 6.45) is 8.19. The summed E-state index contributed by atoms with van der Waals surface area (Å²) in [4.78, 5) is 0. The van der Waals surface area contributed by atoms with Crippen LogP contribution >= 0.6 is 0 Å². The highest BCUT2D eigenvalue weighted by atomic mass is 14.9. The fourth-order valence-electron chi connectivity index (χ4n) is 2.99. The average Bonchev–Trinajstić information content (AvgIpc) is 2.83. The van der Waals surface area contributed by atoms with Crippen LogP contribution in [0.4, 0.5) is 0 Å². The highest BCUT2D eigenvalue weighted by Crippen LogP contribution is 2.38. The van der Waals surface area contributed by atoms with Crippen LogP contribution in [0.15, 0.2) is 23.5 Å². The van der Waals surface area contributed by atoms with Crippen molar-refractivity contribution < 1.29 is 0 Å². The van der Waals surface area contributed by atoms with E-state index in [1.165, 1.54) is 25.0 Å². The Hall–Kier alpha value is -0.920. The molecule has 1 atom stereocenters. The van der Waals surface area contributed by atoms with E-state index >= 15 is 0 Å². The van der Waals surface area contributed by atoms with E-state index in [0.717, 1.165) is 6.54 Å². The van der Waals surface area contributed by atoms with Gasteiger partial charge in [-0.15, -0.1) is 0 Å². The maximum absolute atomic E-state index is 3.58. The first-order valence-electron chi connectivity index (χ1n) is 7.19. The first-order valence-corrected chi connectivity index (χ1v) is 7.19. The Morgan fingerprint density at radius 1 is 1.22 bits per heavy atom. The number of hydrogen-bond donors (Lipinski definition) is 2. The summed E-state index contributed by atoms with van der Waals surface area (Å²) >= 11 is 0. The molecule has 0 aliphatic carbocycles. The SMILES string of the molecule is CC(C)(C)C1=CNC(CC(C)(C)C2=CCCN2)C1. The maximum Gasteiger partial charge on any atom is 0.0302 e. The molecular weight excluding hydrogens is 220 g/mol. The normalized spacial score (nSPS) is 24.4. The van der Waals surface area contributed by atoms with E-state index in [1.54, 1.807) is 5.57 Å². The van der Waals surface area contributed by atoms with Crippen LogP contribution in [-0.4, -0.2) is 12.6 Å². The summed E-state index contributed by atoms with van der Waals surface area (Å²) in [6, 6.07) is 0.595. The summed E-state index contributed by atoms with van der Waals surface area (Å²) in [6.45, 7) is 12.7. The van der Waals surface area contributed by atoms with Crippen molar-refractivity contribution in [3.8, 4) is 0 Å². The molecule has 0 fully saturated rings. The van der Waals surface area contributed by atoms with E-state index in [1.807, 2.05) is 0 Å². The molecule has 0 spiro atoms. The molecule has 2 rings (SSSR count). The Bertz CT molecular complexity index is 369. The van der Waals surface area contributed by atoms with Gasteiger partial charge in [0.25, 0.3) is 0 Å². The molecule has 0 saturated carbocycles. The first-order chi connectivity index (χ1) is 8.29. The second-order valence-electron chi connectivity index (χ2n) is 7.41. The molecule has 2 heterocycles. The smallest absolute Gasteiger partial charge is 0.0302 e. The van der Waals surface area contributed by atoms with Crippen molar-refractivity contribution in [2.24, 2.45) is 10.8 Å². The molecule has 2 aliphatic heterocycles. The molecule has 1 unspecified atom stereocenters. The topological polar surface area (TPSA) is 24.1 Å². The zero-order valence-corrected chi connectivity index (χ0v) is 12.6. The van der Waals surface area contributed by atoms with E-state index in [4.69, 9.17) is 0 Å². The van der Waals surface area contributed by atoms with Crippen LogP contribution in [0.2, 0.25) is 0 Å². The molecule has 2 heteroatoms. The largest absolute Gasteiger partial charge is 0.388 e. The van der Waals surface area contributed by atoms with Crippen molar-refractivity contribution in [3.63, 3.8) is 0 Å². The predicted molar refractivity (Wildman–Crippen MR) is 78.2 cm³/mol. The molecule has 0 radical (unpaired) electrons. The third kappa shape index (κ3) is 2.90. The zero-order chi connectivity index (χ0) is 13.4. The van der Waals surface area contributed by atoms with Crippen LogP contribution < -0.4 is 10.6 Å². The van der Waals surface area contributed by atoms with Crippen molar-refractivity contribution in [2.45, 2.75) is 59.9 Å². The van der Waals surface area contributed by atoms with Gasteiger partial charge in [0.15, 0.2) is 0 Å². The minimum atomic E-state index is 0.259. The van der Waals surface area contributed by atoms with Crippen molar-refractivity contribution in [2.75, 3.05) is 6.54 Å². The summed E-state index contributed by atoms with van der Waals surface area (Å²) in [7, 11) is 0. The van der Waals surface area contributed by atoms with E-state index < -0.39 is 0 Å². The molecule has 2 N–H and O–H groups in total. The standard InChI is InChI=1S/C16H28N2/c1-15(2,3)12-9-13(18-11-12)10-16(4,5)14-7-6-8-17-14/h7,11,13,17-18H,6,8-10H2,1-5H3. The fraction of sp³-hybridized carbons (Fsp3) is 0.750. The number of allylic oxidation sites excluding steroid dienone is 1. The lowest BCUT2D eigenvalue weighted by Crippen LogP contribution is -2.32. The van der Waals surface area contributed by atoms with Crippen molar-refractivity contribution in [1.29, 1.82) is 0 Å². The maximum atomic E-state index is 3.58. The fourth-order valence-corrected chi connectivity index (χ4v) is 2.99. The van der Waals surface area contributed by atoms with Gasteiger partial charge in [-0.05, 0) is 36.5 Å². The van der Waals surface area contributed by atoms with Crippen LogP contribution in [0.25, 0.3) is 0 Å². The lowest BCUT2D eigenvalue weighted by Gasteiger charge is -2.30. The minimum Gasteiger partial charge on any atom is -0.388 e. The molecule has 2 aliphatic rings. The second-order valence-corrected chi connectivity index (χ2v) is 7.41. The molecule has 0 amide bonds. The van der Waals surface area contributed by atoms with Crippen molar-refractivity contribution in [1.82, 2.24) is 10.6 Å². The third-order valence-corrected chi connectivity index (χ3v) is 4.22. The number of rotatable bonds is 3. The van der Waals surface area contributed by atoms with E-state index in [0.29, 0.717) is 11.5 Å². The van der Waals surface area contributed by atoms with Gasteiger partial charge in [0.05, 0.1) is 0 Å². The van der Waals surface area contributed by atoms with Gasteiger partial charge >= 0.3 is 0 Å². The van der Waals surface area contributed by atoms with Gasteiger partial charge in [0, 0.05) is 23.7 Å². The molecule has 102 valence electrons. The van der Waals surface area contributed by atoms with Crippen LogP contribution in [0.5, 0.6) is 0 Å². The van der Waals surface area contributed by atoms with Gasteiger partial charge in [-0.25, -0.2) is 0 Å². The van der Waals surface area contributed by atoms with E-state index in [-0.39, 0.29) is 5.41 Å².